The number of carbonyl (C=O) groups is 2. The number of carboxylic acids is 2. The Morgan fingerprint density at radius 1 is 0.786 bits per heavy atom. The van der Waals surface area contributed by atoms with E-state index in [9.17, 15) is 9.59 Å². The van der Waals surface area contributed by atoms with E-state index < -0.39 is 25.2 Å². The number of hydrogen-bond acceptors (Lipinski definition) is 8. The van der Waals surface area contributed by atoms with Gasteiger partial charge in [-0.2, -0.15) is 0 Å². The van der Waals surface area contributed by atoms with E-state index >= 15 is 0 Å². The maximum absolute atomic E-state index is 10.2. The Balaban J connectivity index is 0.000000280. The van der Waals surface area contributed by atoms with Gasteiger partial charge in [0.1, 0.15) is 22.9 Å². The predicted molar refractivity (Wildman–Crippen MR) is 96.1 cm³/mol. The van der Waals surface area contributed by atoms with Crippen LogP contribution in [0, 0.1) is 13.8 Å². The fraction of sp³-hybridized carbons (Fsp3) is 0.333. The number of pyridine rings is 2. The van der Waals surface area contributed by atoms with Gasteiger partial charge in [0.25, 0.3) is 0 Å². The molecule has 0 aliphatic heterocycles. The Kier molecular flexibility index (Phi) is 9.34. The summed E-state index contributed by atoms with van der Waals surface area (Å²) in [5.41, 5.74) is 2.20. The van der Waals surface area contributed by atoms with Crippen LogP contribution < -0.4 is 9.47 Å². The second-order valence-electron chi connectivity index (χ2n) is 5.48. The maximum atomic E-state index is 10.2. The summed E-state index contributed by atoms with van der Waals surface area (Å²) in [6.07, 6.45) is 0. The highest BCUT2D eigenvalue weighted by atomic mass is 16.5. The fourth-order valence-electron chi connectivity index (χ4n) is 1.96. The van der Waals surface area contributed by atoms with Crippen molar-refractivity contribution in [1.82, 2.24) is 9.97 Å². The van der Waals surface area contributed by atoms with Crippen molar-refractivity contribution < 1.29 is 39.5 Å². The monoisotopic (exact) mass is 394 g/mol. The van der Waals surface area contributed by atoms with Crippen LogP contribution >= 0.6 is 0 Å². The van der Waals surface area contributed by atoms with E-state index in [0.29, 0.717) is 22.9 Å². The number of aliphatic carboxylic acids is 2. The van der Waals surface area contributed by atoms with Crippen LogP contribution in [0.2, 0.25) is 0 Å². The largest absolute Gasteiger partial charge is 0.480 e. The van der Waals surface area contributed by atoms with E-state index in [-0.39, 0.29) is 13.2 Å². The number of aryl methyl sites for hydroxylation is 2. The first-order chi connectivity index (χ1) is 13.3. The molecular formula is C18H22N2O8. The number of aromatic nitrogens is 2. The van der Waals surface area contributed by atoms with Crippen LogP contribution in [0.3, 0.4) is 0 Å². The third kappa shape index (κ3) is 7.98. The molecule has 2 aromatic heterocycles. The lowest BCUT2D eigenvalue weighted by atomic mass is 10.3. The van der Waals surface area contributed by atoms with Crippen molar-refractivity contribution in [2.24, 2.45) is 0 Å². The van der Waals surface area contributed by atoms with Crippen LogP contribution in [0.15, 0.2) is 24.3 Å². The van der Waals surface area contributed by atoms with Crippen LogP contribution in [0.4, 0.5) is 0 Å². The van der Waals surface area contributed by atoms with E-state index in [1.807, 2.05) is 0 Å². The molecule has 0 amide bonds. The van der Waals surface area contributed by atoms with Crippen LogP contribution in [0.1, 0.15) is 22.8 Å². The van der Waals surface area contributed by atoms with Gasteiger partial charge in [-0.1, -0.05) is 0 Å². The van der Waals surface area contributed by atoms with Gasteiger partial charge in [-0.25, -0.2) is 9.59 Å². The molecule has 0 aliphatic carbocycles. The summed E-state index contributed by atoms with van der Waals surface area (Å²) in [6, 6.07) is 6.57. The first-order valence-electron chi connectivity index (χ1n) is 8.10. The summed E-state index contributed by atoms with van der Waals surface area (Å²) in [4.78, 5) is 28.5. The van der Waals surface area contributed by atoms with Crippen molar-refractivity contribution in [3.8, 4) is 11.5 Å². The van der Waals surface area contributed by atoms with E-state index in [4.69, 9.17) is 29.9 Å². The molecular weight excluding hydrogens is 372 g/mol. The third-order valence-electron chi connectivity index (χ3n) is 3.15. The zero-order valence-electron chi connectivity index (χ0n) is 15.5. The molecule has 0 unspecified atom stereocenters. The van der Waals surface area contributed by atoms with Crippen molar-refractivity contribution in [1.29, 1.82) is 0 Å². The molecule has 0 aliphatic rings. The normalized spacial score (nSPS) is 9.86. The number of hydrogen-bond donors (Lipinski definition) is 4. The smallest absolute Gasteiger partial charge is 0.341 e. The first kappa shape index (κ1) is 22.8. The second kappa shape index (κ2) is 11.5. The highest BCUT2D eigenvalue weighted by Crippen LogP contribution is 2.17. The topological polar surface area (TPSA) is 159 Å². The predicted octanol–water partition coefficient (Wildman–Crippen LogP) is 0.691. The van der Waals surface area contributed by atoms with Gasteiger partial charge in [0.15, 0.2) is 13.2 Å². The zero-order valence-corrected chi connectivity index (χ0v) is 15.5. The van der Waals surface area contributed by atoms with Crippen molar-refractivity contribution >= 4 is 11.9 Å². The van der Waals surface area contributed by atoms with Crippen LogP contribution in [0.5, 0.6) is 11.5 Å². The minimum absolute atomic E-state index is 0.267. The van der Waals surface area contributed by atoms with E-state index in [2.05, 4.69) is 9.97 Å². The van der Waals surface area contributed by atoms with Gasteiger partial charge in [-0.05, 0) is 38.1 Å². The van der Waals surface area contributed by atoms with Gasteiger partial charge >= 0.3 is 11.9 Å². The highest BCUT2D eigenvalue weighted by Gasteiger charge is 2.07. The van der Waals surface area contributed by atoms with Gasteiger partial charge < -0.3 is 29.9 Å². The summed E-state index contributed by atoms with van der Waals surface area (Å²) in [5.74, 6) is -1.51. The van der Waals surface area contributed by atoms with Crippen LogP contribution in [-0.2, 0) is 22.8 Å². The first-order valence-corrected chi connectivity index (χ1v) is 8.10. The van der Waals surface area contributed by atoms with Gasteiger partial charge in [0.2, 0.25) is 0 Å². The molecule has 0 saturated carbocycles. The summed E-state index contributed by atoms with van der Waals surface area (Å²) in [5, 5.41) is 34.6. The van der Waals surface area contributed by atoms with Crippen molar-refractivity contribution in [2.75, 3.05) is 13.2 Å². The molecule has 0 saturated heterocycles. The summed E-state index contributed by atoms with van der Waals surface area (Å²) < 4.78 is 9.84. The lowest BCUT2D eigenvalue weighted by Gasteiger charge is -2.07. The average molecular weight is 394 g/mol. The number of rotatable bonds is 8. The Labute approximate surface area is 161 Å². The SMILES string of the molecule is Cc1ccc(OCC(=O)O)c(CO)n1.Cc1ccc(OCC(=O)O)c(CO)n1. The quantitative estimate of drug-likeness (QED) is 0.501. The number of carboxylic acid groups (broad SMARTS) is 2. The standard InChI is InChI=1S/2C9H11NO4/c2*1-6-2-3-8(7(4-11)10-6)14-5-9(12)13/h2*2-3,11H,4-5H2,1H3,(H,12,13). The summed E-state index contributed by atoms with van der Waals surface area (Å²) >= 11 is 0. The lowest BCUT2D eigenvalue weighted by molar-refractivity contribution is -0.140. The molecule has 0 aromatic carbocycles. The van der Waals surface area contributed by atoms with Gasteiger partial charge in [0.05, 0.1) is 13.2 Å². The molecule has 0 radical (unpaired) electrons. The summed E-state index contributed by atoms with van der Waals surface area (Å²) in [7, 11) is 0. The van der Waals surface area contributed by atoms with Crippen molar-refractivity contribution in [3.05, 3.63) is 47.0 Å². The van der Waals surface area contributed by atoms with E-state index in [0.717, 1.165) is 11.4 Å². The van der Waals surface area contributed by atoms with E-state index in [1.54, 1.807) is 38.1 Å². The molecule has 4 N–H and O–H groups in total. The van der Waals surface area contributed by atoms with E-state index in [1.165, 1.54) is 0 Å². The molecule has 10 heteroatoms. The Morgan fingerprint density at radius 2 is 1.14 bits per heavy atom. The highest BCUT2D eigenvalue weighted by molar-refractivity contribution is 5.68. The number of ether oxygens (including phenoxy) is 2. The minimum Gasteiger partial charge on any atom is -0.480 e. The van der Waals surface area contributed by atoms with Gasteiger partial charge in [0, 0.05) is 11.4 Å². The van der Waals surface area contributed by atoms with Gasteiger partial charge in [-0.3, -0.25) is 9.97 Å². The molecule has 0 spiro atoms. The Morgan fingerprint density at radius 3 is 1.43 bits per heavy atom. The van der Waals surface area contributed by atoms with Gasteiger partial charge in [-0.15, -0.1) is 0 Å². The summed E-state index contributed by atoms with van der Waals surface area (Å²) in [6.45, 7) is 2.16. The molecule has 10 nitrogen and oxygen atoms in total. The molecule has 2 rings (SSSR count). The Bertz CT molecular complexity index is 743. The molecule has 2 aromatic rings. The maximum Gasteiger partial charge on any atom is 0.341 e. The molecule has 28 heavy (non-hydrogen) atoms. The van der Waals surface area contributed by atoms with Crippen LogP contribution in [0.25, 0.3) is 0 Å². The second-order valence-corrected chi connectivity index (χ2v) is 5.48. The molecule has 0 bridgehead atoms. The Hall–Kier alpha value is -3.24. The van der Waals surface area contributed by atoms with Crippen molar-refractivity contribution in [3.63, 3.8) is 0 Å². The zero-order chi connectivity index (χ0) is 21.1. The lowest BCUT2D eigenvalue weighted by Crippen LogP contribution is -2.11. The van der Waals surface area contributed by atoms with Crippen molar-refractivity contribution in [2.45, 2.75) is 27.1 Å². The third-order valence-corrected chi connectivity index (χ3v) is 3.15. The molecule has 0 fully saturated rings. The number of nitrogens with zero attached hydrogens (tertiary/aromatic N) is 2. The minimum atomic E-state index is -1.06. The number of aliphatic hydroxyl groups is 2. The van der Waals surface area contributed by atoms with Crippen LogP contribution in [-0.4, -0.2) is 55.5 Å². The molecule has 0 atom stereocenters. The molecule has 2 heterocycles. The molecule has 152 valence electrons. The fourth-order valence-corrected chi connectivity index (χ4v) is 1.96. The average Bonchev–Trinajstić information content (AvgIpc) is 2.66. The number of aliphatic hydroxyl groups excluding tert-OH is 2.